The van der Waals surface area contributed by atoms with Crippen LogP contribution in [0.4, 0.5) is 0 Å². The normalized spacial score (nSPS) is 12.1. The van der Waals surface area contributed by atoms with Crippen molar-refractivity contribution in [3.63, 3.8) is 0 Å². The topological polar surface area (TPSA) is 91.2 Å². The van der Waals surface area contributed by atoms with Crippen LogP contribution in [-0.4, -0.2) is 28.9 Å². The molecular weight excluding hydrogens is 480 g/mol. The fraction of sp³-hybridized carbons (Fsp3) is 0.263. The molecule has 2 aromatic rings. The summed E-state index contributed by atoms with van der Waals surface area (Å²) in [5.41, 5.74) is 3.56. The minimum atomic E-state index is -0.750. The Kier molecular flexibility index (Phi) is 8.27. The van der Waals surface area contributed by atoms with Gasteiger partial charge in [0.25, 0.3) is 0 Å². The predicted octanol–water partition coefficient (Wildman–Crippen LogP) is 4.28. The van der Waals surface area contributed by atoms with Gasteiger partial charge in [0, 0.05) is 16.5 Å². The lowest BCUT2D eigenvalue weighted by atomic mass is 10.0. The van der Waals surface area contributed by atoms with Gasteiger partial charge in [-0.25, -0.2) is 5.43 Å². The first-order chi connectivity index (χ1) is 12.9. The molecule has 8 heteroatoms. The summed E-state index contributed by atoms with van der Waals surface area (Å²) in [4.78, 5) is 11.9. The molecule has 0 fully saturated rings. The van der Waals surface area contributed by atoms with Crippen LogP contribution >= 0.6 is 31.9 Å². The smallest absolute Gasteiger partial charge is 0.240 e. The van der Waals surface area contributed by atoms with Crippen molar-refractivity contribution in [3.8, 4) is 11.5 Å². The monoisotopic (exact) mass is 498 g/mol. The number of ether oxygens (including phenoxy) is 1. The molecule has 1 amide bonds. The molecule has 27 heavy (non-hydrogen) atoms. The highest BCUT2D eigenvalue weighted by Gasteiger charge is 2.11. The number of nitrogens with one attached hydrogen (secondary N) is 1. The number of hydrogen-bond acceptors (Lipinski definition) is 5. The Morgan fingerprint density at radius 3 is 2.67 bits per heavy atom. The maximum Gasteiger partial charge on any atom is 0.240 e. The van der Waals surface area contributed by atoms with Crippen LogP contribution < -0.4 is 10.2 Å². The molecule has 0 bridgehead atoms. The molecule has 2 rings (SSSR count). The maximum atomic E-state index is 11.9. The van der Waals surface area contributed by atoms with Gasteiger partial charge < -0.3 is 14.9 Å². The third-order valence-corrected chi connectivity index (χ3v) is 4.73. The number of benzene rings is 2. The van der Waals surface area contributed by atoms with Crippen molar-refractivity contribution in [2.75, 3.05) is 6.61 Å². The van der Waals surface area contributed by atoms with Crippen molar-refractivity contribution in [1.29, 1.82) is 0 Å². The summed E-state index contributed by atoms with van der Waals surface area (Å²) in [5.74, 6) is 0.440. The van der Waals surface area contributed by atoms with Crippen LogP contribution in [0.1, 0.15) is 37.0 Å². The number of aromatic hydroxyl groups is 1. The quantitative estimate of drug-likeness (QED) is 0.373. The van der Waals surface area contributed by atoms with Crippen LogP contribution in [0.2, 0.25) is 0 Å². The third-order valence-electron chi connectivity index (χ3n) is 3.67. The van der Waals surface area contributed by atoms with E-state index in [2.05, 4.69) is 42.4 Å². The van der Waals surface area contributed by atoms with Crippen molar-refractivity contribution in [2.45, 2.75) is 25.9 Å². The van der Waals surface area contributed by atoms with Gasteiger partial charge in [-0.3, -0.25) is 4.79 Å². The Bertz CT molecular complexity index is 810. The summed E-state index contributed by atoms with van der Waals surface area (Å²) in [6, 6.07) is 10.5. The lowest BCUT2D eigenvalue weighted by Gasteiger charge is -2.11. The highest BCUT2D eigenvalue weighted by atomic mass is 79.9. The summed E-state index contributed by atoms with van der Waals surface area (Å²) in [7, 11) is 0. The van der Waals surface area contributed by atoms with Crippen molar-refractivity contribution >= 4 is 44.0 Å². The highest BCUT2D eigenvalue weighted by molar-refractivity contribution is 9.11. The molecule has 0 spiro atoms. The van der Waals surface area contributed by atoms with E-state index in [1.165, 1.54) is 6.21 Å². The van der Waals surface area contributed by atoms with Crippen LogP contribution in [0.15, 0.2) is 50.4 Å². The second-order valence-corrected chi connectivity index (χ2v) is 7.45. The number of hydrazone groups is 1. The molecule has 1 unspecified atom stereocenters. The fourth-order valence-corrected chi connectivity index (χ4v) is 3.56. The van der Waals surface area contributed by atoms with Gasteiger partial charge in [0.2, 0.25) is 5.91 Å². The van der Waals surface area contributed by atoms with Gasteiger partial charge in [-0.2, -0.15) is 5.10 Å². The number of aliphatic hydroxyl groups excluding tert-OH is 1. The van der Waals surface area contributed by atoms with Gasteiger partial charge in [-0.05, 0) is 59.1 Å². The van der Waals surface area contributed by atoms with Crippen LogP contribution in [0.25, 0.3) is 0 Å². The van der Waals surface area contributed by atoms with Gasteiger partial charge in [-0.1, -0.05) is 28.1 Å². The average Bonchev–Trinajstić information content (AvgIpc) is 2.64. The SMILES string of the molecule is CCOc1ccc(C(O)CCC(=O)NN=Cc2cc(Br)cc(Br)c2O)cc1. The van der Waals surface area contributed by atoms with Crippen LogP contribution in [0.3, 0.4) is 0 Å². The molecule has 2 aromatic carbocycles. The van der Waals surface area contributed by atoms with E-state index in [-0.39, 0.29) is 24.5 Å². The molecule has 0 heterocycles. The molecule has 0 aromatic heterocycles. The molecule has 1 atom stereocenters. The van der Waals surface area contributed by atoms with E-state index in [1.807, 2.05) is 6.92 Å². The van der Waals surface area contributed by atoms with E-state index in [0.717, 1.165) is 15.8 Å². The number of carbonyl (C=O) groups is 1. The third kappa shape index (κ3) is 6.64. The van der Waals surface area contributed by atoms with E-state index in [0.29, 0.717) is 16.6 Å². The zero-order chi connectivity index (χ0) is 19.8. The summed E-state index contributed by atoms with van der Waals surface area (Å²) in [6.07, 6.45) is 0.981. The van der Waals surface area contributed by atoms with E-state index in [9.17, 15) is 15.0 Å². The van der Waals surface area contributed by atoms with E-state index in [4.69, 9.17) is 4.74 Å². The second kappa shape index (κ2) is 10.4. The largest absolute Gasteiger partial charge is 0.506 e. The Balaban J connectivity index is 1.83. The van der Waals surface area contributed by atoms with E-state index < -0.39 is 6.10 Å². The first-order valence-corrected chi connectivity index (χ1v) is 9.90. The number of phenols is 1. The zero-order valence-corrected chi connectivity index (χ0v) is 17.8. The number of amides is 1. The molecule has 6 nitrogen and oxygen atoms in total. The zero-order valence-electron chi connectivity index (χ0n) is 14.7. The van der Waals surface area contributed by atoms with Crippen LogP contribution in [-0.2, 0) is 4.79 Å². The second-order valence-electron chi connectivity index (χ2n) is 5.68. The number of hydrogen-bond donors (Lipinski definition) is 3. The minimum absolute atomic E-state index is 0.0297. The van der Waals surface area contributed by atoms with Crippen molar-refractivity contribution < 1.29 is 19.7 Å². The Morgan fingerprint density at radius 1 is 1.30 bits per heavy atom. The lowest BCUT2D eigenvalue weighted by Crippen LogP contribution is -2.18. The summed E-state index contributed by atoms with van der Waals surface area (Å²) in [5, 5.41) is 24.0. The van der Waals surface area contributed by atoms with Gasteiger partial charge in [0.15, 0.2) is 0 Å². The molecule has 0 radical (unpaired) electrons. The molecule has 0 saturated carbocycles. The highest BCUT2D eigenvalue weighted by Crippen LogP contribution is 2.30. The first-order valence-electron chi connectivity index (χ1n) is 8.31. The van der Waals surface area contributed by atoms with Gasteiger partial charge in [0.05, 0.1) is 23.4 Å². The number of nitrogens with zero attached hydrogens (tertiary/aromatic N) is 1. The summed E-state index contributed by atoms with van der Waals surface area (Å²) < 4.78 is 6.64. The van der Waals surface area contributed by atoms with E-state index >= 15 is 0 Å². The van der Waals surface area contributed by atoms with Crippen molar-refractivity contribution in [1.82, 2.24) is 5.43 Å². The van der Waals surface area contributed by atoms with Crippen LogP contribution in [0, 0.1) is 0 Å². The van der Waals surface area contributed by atoms with Crippen molar-refractivity contribution in [2.24, 2.45) is 5.10 Å². The van der Waals surface area contributed by atoms with Crippen molar-refractivity contribution in [3.05, 3.63) is 56.5 Å². The first kappa shape index (κ1) is 21.4. The number of aliphatic hydroxyl groups is 1. The van der Waals surface area contributed by atoms with Crippen LogP contribution in [0.5, 0.6) is 11.5 Å². The molecule has 144 valence electrons. The van der Waals surface area contributed by atoms with Gasteiger partial charge in [0.1, 0.15) is 11.5 Å². The standard InChI is InChI=1S/C19H20Br2N2O4/c1-2-27-15-5-3-12(4-6-15)17(24)7-8-18(25)23-22-11-13-9-14(20)10-16(21)19(13)26/h3-6,9-11,17,24,26H,2,7-8H2,1H3,(H,23,25). The molecule has 0 saturated heterocycles. The Hall–Kier alpha value is -1.90. The Morgan fingerprint density at radius 2 is 2.00 bits per heavy atom. The predicted molar refractivity (Wildman–Crippen MR) is 111 cm³/mol. The number of carbonyl (C=O) groups excluding carboxylic acids is 1. The molecule has 0 aliphatic carbocycles. The minimum Gasteiger partial charge on any atom is -0.506 e. The number of halogens is 2. The summed E-state index contributed by atoms with van der Waals surface area (Å²) in [6.45, 7) is 2.48. The molecular formula is C19H20Br2N2O4. The molecule has 3 N–H and O–H groups in total. The average molecular weight is 500 g/mol. The summed E-state index contributed by atoms with van der Waals surface area (Å²) >= 11 is 6.55. The molecule has 0 aliphatic heterocycles. The number of phenolic OH excluding ortho intramolecular Hbond substituents is 1. The molecule has 0 aliphatic rings. The maximum absolute atomic E-state index is 11.9. The number of rotatable bonds is 8. The fourth-order valence-electron chi connectivity index (χ4n) is 2.30. The van der Waals surface area contributed by atoms with E-state index in [1.54, 1.807) is 36.4 Å². The van der Waals surface area contributed by atoms with Gasteiger partial charge in [-0.15, -0.1) is 0 Å². The lowest BCUT2D eigenvalue weighted by molar-refractivity contribution is -0.121. The Labute approximate surface area is 174 Å². The van der Waals surface area contributed by atoms with Gasteiger partial charge >= 0.3 is 0 Å².